The Kier molecular flexibility index (Phi) is 5.71. The minimum Gasteiger partial charge on any atom is -0.381 e. The van der Waals surface area contributed by atoms with Crippen molar-refractivity contribution < 1.29 is 4.74 Å². The van der Waals surface area contributed by atoms with Crippen LogP contribution in [0.1, 0.15) is 18.4 Å². The van der Waals surface area contributed by atoms with E-state index < -0.39 is 0 Å². The molecule has 0 aliphatic carbocycles. The van der Waals surface area contributed by atoms with Crippen LogP contribution in [0.5, 0.6) is 0 Å². The Bertz CT molecular complexity index is 812. The molecule has 0 saturated carbocycles. The van der Waals surface area contributed by atoms with Crippen molar-refractivity contribution in [2.24, 2.45) is 0 Å². The van der Waals surface area contributed by atoms with Gasteiger partial charge in [-0.2, -0.15) is 4.98 Å². The minimum atomic E-state index is -0.276. The topological polar surface area (TPSA) is 63.5 Å². The number of aromatic nitrogens is 3. The highest BCUT2D eigenvalue weighted by Crippen LogP contribution is 2.18. The van der Waals surface area contributed by atoms with Crippen molar-refractivity contribution in [2.45, 2.75) is 25.4 Å². The summed E-state index contributed by atoms with van der Waals surface area (Å²) in [5, 5.41) is 0.678. The lowest BCUT2D eigenvalue weighted by atomic mass is 10.1. The Morgan fingerprint density at radius 2 is 1.78 bits per heavy atom. The van der Waals surface area contributed by atoms with Gasteiger partial charge in [-0.05, 0) is 30.5 Å². The Morgan fingerprint density at radius 3 is 2.44 bits per heavy atom. The van der Waals surface area contributed by atoms with Crippen molar-refractivity contribution in [1.29, 1.82) is 0 Å². The van der Waals surface area contributed by atoms with Crippen molar-refractivity contribution in [3.63, 3.8) is 0 Å². The third-order valence-electron chi connectivity index (χ3n) is 5.32. The number of rotatable bonds is 4. The summed E-state index contributed by atoms with van der Waals surface area (Å²) >= 11 is 5.90. The van der Waals surface area contributed by atoms with E-state index in [1.54, 1.807) is 6.33 Å². The monoisotopic (exact) mass is 389 g/mol. The van der Waals surface area contributed by atoms with Crippen LogP contribution in [-0.4, -0.2) is 64.9 Å². The van der Waals surface area contributed by atoms with Gasteiger partial charge in [0, 0.05) is 50.5 Å². The molecule has 1 aromatic heterocycles. The van der Waals surface area contributed by atoms with Gasteiger partial charge in [-0.15, -0.1) is 0 Å². The zero-order valence-corrected chi connectivity index (χ0v) is 16.0. The third-order valence-corrected chi connectivity index (χ3v) is 5.58. The molecular formula is C19H24ClN5O2. The van der Waals surface area contributed by atoms with Gasteiger partial charge in [0.05, 0.1) is 6.54 Å². The highest BCUT2D eigenvalue weighted by Gasteiger charge is 2.26. The number of nitrogens with zero attached hydrogens (tertiary/aromatic N) is 5. The molecule has 0 N–H and O–H groups in total. The van der Waals surface area contributed by atoms with E-state index in [1.807, 2.05) is 24.3 Å². The molecule has 3 heterocycles. The Morgan fingerprint density at radius 1 is 1.07 bits per heavy atom. The van der Waals surface area contributed by atoms with Crippen LogP contribution in [0.4, 0.5) is 5.95 Å². The summed E-state index contributed by atoms with van der Waals surface area (Å²) in [6.45, 7) is 5.80. The van der Waals surface area contributed by atoms with Crippen LogP contribution in [-0.2, 0) is 11.3 Å². The van der Waals surface area contributed by atoms with E-state index in [0.717, 1.165) is 57.8 Å². The molecule has 0 spiro atoms. The van der Waals surface area contributed by atoms with Gasteiger partial charge < -0.3 is 9.64 Å². The van der Waals surface area contributed by atoms with Gasteiger partial charge in [0.15, 0.2) is 0 Å². The van der Waals surface area contributed by atoms with Crippen LogP contribution >= 0.6 is 11.6 Å². The molecule has 27 heavy (non-hydrogen) atoms. The molecule has 2 aliphatic heterocycles. The van der Waals surface area contributed by atoms with Crippen LogP contribution < -0.4 is 10.6 Å². The summed E-state index contributed by atoms with van der Waals surface area (Å²) in [5.74, 6) is 0.527. The van der Waals surface area contributed by atoms with Gasteiger partial charge >= 0.3 is 5.69 Å². The lowest BCUT2D eigenvalue weighted by Gasteiger charge is -2.40. The quantitative estimate of drug-likeness (QED) is 0.792. The second-order valence-corrected chi connectivity index (χ2v) is 7.50. The van der Waals surface area contributed by atoms with E-state index >= 15 is 0 Å². The van der Waals surface area contributed by atoms with Gasteiger partial charge in [0.2, 0.25) is 5.95 Å². The Labute approximate surface area is 163 Å². The largest absolute Gasteiger partial charge is 0.381 e. The first-order chi connectivity index (χ1) is 13.2. The van der Waals surface area contributed by atoms with Gasteiger partial charge in [-0.1, -0.05) is 23.7 Å². The first kappa shape index (κ1) is 18.4. The van der Waals surface area contributed by atoms with Crippen LogP contribution in [0.3, 0.4) is 0 Å². The second-order valence-electron chi connectivity index (χ2n) is 7.06. The fourth-order valence-electron chi connectivity index (χ4n) is 3.73. The molecule has 0 amide bonds. The molecule has 2 aliphatic rings. The van der Waals surface area contributed by atoms with Crippen LogP contribution in [0.15, 0.2) is 35.4 Å². The normalized spacial score (nSPS) is 19.4. The maximum atomic E-state index is 12.4. The smallest absolute Gasteiger partial charge is 0.352 e. The maximum absolute atomic E-state index is 12.4. The number of piperazine rings is 1. The standard InChI is InChI=1S/C19H24ClN5O2/c20-16-3-1-15(2-4-16)13-25-14-21-18(22-19(25)26)24-9-7-23(8-10-24)17-5-11-27-12-6-17/h1-4,14,17H,5-13H2. The Hall–Kier alpha value is -1.96. The van der Waals surface area contributed by atoms with Crippen molar-refractivity contribution in [1.82, 2.24) is 19.4 Å². The molecule has 2 saturated heterocycles. The summed E-state index contributed by atoms with van der Waals surface area (Å²) in [5.41, 5.74) is 0.713. The fourth-order valence-corrected chi connectivity index (χ4v) is 3.86. The summed E-state index contributed by atoms with van der Waals surface area (Å²) in [6.07, 6.45) is 3.80. The number of hydrogen-bond acceptors (Lipinski definition) is 6. The molecule has 0 bridgehead atoms. The summed E-state index contributed by atoms with van der Waals surface area (Å²) in [4.78, 5) is 25.7. The highest BCUT2D eigenvalue weighted by atomic mass is 35.5. The molecule has 144 valence electrons. The molecule has 2 fully saturated rings. The first-order valence-electron chi connectivity index (χ1n) is 9.44. The molecule has 7 nitrogen and oxygen atoms in total. The molecule has 0 atom stereocenters. The predicted octanol–water partition coefficient (Wildman–Crippen LogP) is 1.64. The van der Waals surface area contributed by atoms with E-state index in [2.05, 4.69) is 19.8 Å². The molecular weight excluding hydrogens is 366 g/mol. The summed E-state index contributed by atoms with van der Waals surface area (Å²) < 4.78 is 6.97. The molecule has 0 unspecified atom stereocenters. The maximum Gasteiger partial charge on any atom is 0.352 e. The van der Waals surface area contributed by atoms with Gasteiger partial charge in [0.1, 0.15) is 6.33 Å². The van der Waals surface area contributed by atoms with Gasteiger partial charge in [-0.25, -0.2) is 9.78 Å². The summed E-state index contributed by atoms with van der Waals surface area (Å²) in [6, 6.07) is 8.05. The number of anilines is 1. The zero-order valence-electron chi connectivity index (χ0n) is 15.3. The van der Waals surface area contributed by atoms with Crippen molar-refractivity contribution in [3.8, 4) is 0 Å². The minimum absolute atomic E-state index is 0.276. The lowest BCUT2D eigenvalue weighted by molar-refractivity contribution is 0.0320. The van der Waals surface area contributed by atoms with E-state index in [-0.39, 0.29) is 5.69 Å². The highest BCUT2D eigenvalue weighted by molar-refractivity contribution is 6.30. The number of hydrogen-bond donors (Lipinski definition) is 0. The zero-order chi connectivity index (χ0) is 18.6. The molecule has 8 heteroatoms. The van der Waals surface area contributed by atoms with Crippen molar-refractivity contribution >= 4 is 17.5 Å². The molecule has 2 aromatic rings. The van der Waals surface area contributed by atoms with E-state index in [0.29, 0.717) is 23.6 Å². The van der Waals surface area contributed by atoms with E-state index in [4.69, 9.17) is 16.3 Å². The van der Waals surface area contributed by atoms with Crippen LogP contribution in [0, 0.1) is 0 Å². The van der Waals surface area contributed by atoms with Gasteiger partial charge in [-0.3, -0.25) is 9.47 Å². The fraction of sp³-hybridized carbons (Fsp3) is 0.526. The molecule has 4 rings (SSSR count). The van der Waals surface area contributed by atoms with Crippen LogP contribution in [0.25, 0.3) is 0 Å². The average Bonchev–Trinajstić information content (AvgIpc) is 2.72. The summed E-state index contributed by atoms with van der Waals surface area (Å²) in [7, 11) is 0. The second kappa shape index (κ2) is 8.37. The van der Waals surface area contributed by atoms with Crippen molar-refractivity contribution in [3.05, 3.63) is 51.7 Å². The lowest BCUT2D eigenvalue weighted by Crippen LogP contribution is -2.52. The molecule has 0 radical (unpaired) electrons. The van der Waals surface area contributed by atoms with Crippen LogP contribution in [0.2, 0.25) is 5.02 Å². The number of ether oxygens (including phenoxy) is 1. The average molecular weight is 390 g/mol. The number of benzene rings is 1. The van der Waals surface area contributed by atoms with E-state index in [9.17, 15) is 4.79 Å². The Balaban J connectivity index is 1.38. The SMILES string of the molecule is O=c1nc(N2CCN(C3CCOCC3)CC2)ncn1Cc1ccc(Cl)cc1. The first-order valence-corrected chi connectivity index (χ1v) is 9.81. The molecule has 1 aromatic carbocycles. The predicted molar refractivity (Wildman–Crippen MR) is 104 cm³/mol. The third kappa shape index (κ3) is 4.48. The number of halogens is 1. The van der Waals surface area contributed by atoms with Gasteiger partial charge in [0.25, 0.3) is 0 Å². The van der Waals surface area contributed by atoms with Crippen molar-refractivity contribution in [2.75, 3.05) is 44.3 Å². The van der Waals surface area contributed by atoms with E-state index in [1.165, 1.54) is 4.57 Å².